The number of nitrogens with zero attached hydrogens (tertiary/aromatic N) is 2. The van der Waals surface area contributed by atoms with Gasteiger partial charge in [-0.25, -0.2) is 9.36 Å². The average Bonchev–Trinajstić information content (AvgIpc) is 2.76. The van der Waals surface area contributed by atoms with Crippen LogP contribution < -0.4 is 0 Å². The lowest BCUT2D eigenvalue weighted by atomic mass is 10.1. The number of carbonyl (C=O) groups is 1. The highest BCUT2D eigenvalue weighted by atomic mass is 79.9. The minimum atomic E-state index is -0.606. The molecular formula is C16H17BrN2O2. The number of ether oxygens (including phenoxy) is 1. The molecule has 0 aliphatic rings. The molecule has 110 valence electrons. The number of halogens is 1. The van der Waals surface area contributed by atoms with Gasteiger partial charge >= 0.3 is 6.09 Å². The number of alkyl halides is 1. The number of hydrogen-bond donors (Lipinski definition) is 0. The van der Waals surface area contributed by atoms with Crippen molar-refractivity contribution < 1.29 is 9.53 Å². The lowest BCUT2D eigenvalue weighted by molar-refractivity contribution is 0.0543. The summed E-state index contributed by atoms with van der Waals surface area (Å²) in [5, 5.41) is 10.9. The molecule has 5 heteroatoms. The van der Waals surface area contributed by atoms with Crippen molar-refractivity contribution in [1.82, 2.24) is 4.57 Å². The molecule has 4 nitrogen and oxygen atoms in total. The van der Waals surface area contributed by atoms with Gasteiger partial charge in [0.05, 0.1) is 5.52 Å². The molecule has 1 heterocycles. The van der Waals surface area contributed by atoms with Crippen LogP contribution in [0, 0.1) is 18.3 Å². The maximum atomic E-state index is 12.4. The lowest BCUT2D eigenvalue weighted by Crippen LogP contribution is -2.27. The second kappa shape index (κ2) is 5.53. The Balaban J connectivity index is 2.66. The molecule has 2 aromatic rings. The van der Waals surface area contributed by atoms with Crippen molar-refractivity contribution in [3.8, 4) is 6.07 Å². The fourth-order valence-electron chi connectivity index (χ4n) is 2.20. The van der Waals surface area contributed by atoms with Gasteiger partial charge in [-0.05, 0) is 51.0 Å². The third-order valence-corrected chi connectivity index (χ3v) is 3.81. The summed E-state index contributed by atoms with van der Waals surface area (Å²) in [6.07, 6.45) is -0.528. The second-order valence-corrected chi connectivity index (χ2v) is 6.43. The maximum absolute atomic E-state index is 12.4. The van der Waals surface area contributed by atoms with E-state index in [0.29, 0.717) is 5.52 Å². The van der Waals surface area contributed by atoms with Crippen molar-refractivity contribution in [2.24, 2.45) is 0 Å². The largest absolute Gasteiger partial charge is 0.443 e. The number of hydrogen-bond acceptors (Lipinski definition) is 3. The first-order chi connectivity index (χ1) is 9.78. The number of benzene rings is 1. The van der Waals surface area contributed by atoms with Gasteiger partial charge in [0, 0.05) is 10.7 Å². The first kappa shape index (κ1) is 15.6. The molecule has 0 aliphatic carbocycles. The summed E-state index contributed by atoms with van der Waals surface area (Å²) in [7, 11) is 0. The molecule has 0 N–H and O–H groups in total. The van der Waals surface area contributed by atoms with E-state index in [0.717, 1.165) is 21.8 Å². The average molecular weight is 349 g/mol. The van der Waals surface area contributed by atoms with Crippen LogP contribution in [0.2, 0.25) is 0 Å². The van der Waals surface area contributed by atoms with E-state index in [2.05, 4.69) is 22.0 Å². The zero-order valence-corrected chi connectivity index (χ0v) is 14.1. The standard InChI is InChI=1S/C16H17BrN2O2/c1-10-11(8-17)5-6-14-13(10)7-12(9-18)19(14)15(20)21-16(2,3)4/h5-7H,8H2,1-4H3. The van der Waals surface area contributed by atoms with Crippen LogP contribution in [0.3, 0.4) is 0 Å². The van der Waals surface area contributed by atoms with Crippen molar-refractivity contribution in [3.63, 3.8) is 0 Å². The Morgan fingerprint density at radius 2 is 2.10 bits per heavy atom. The van der Waals surface area contributed by atoms with Crippen LogP contribution in [0.4, 0.5) is 4.79 Å². The topological polar surface area (TPSA) is 55.0 Å². The predicted octanol–water partition coefficient (Wildman–Crippen LogP) is 4.50. The van der Waals surface area contributed by atoms with Gasteiger partial charge in [0.1, 0.15) is 17.4 Å². The summed E-state index contributed by atoms with van der Waals surface area (Å²) < 4.78 is 6.73. The fraction of sp³-hybridized carbons (Fsp3) is 0.375. The summed E-state index contributed by atoms with van der Waals surface area (Å²) in [5.41, 5.74) is 2.57. The quantitative estimate of drug-likeness (QED) is 0.713. The molecule has 0 amide bonds. The zero-order chi connectivity index (χ0) is 15.8. The number of aromatic nitrogens is 1. The molecule has 21 heavy (non-hydrogen) atoms. The molecule has 0 aliphatic heterocycles. The molecule has 1 aromatic heterocycles. The van der Waals surface area contributed by atoms with Crippen molar-refractivity contribution in [2.75, 3.05) is 0 Å². The second-order valence-electron chi connectivity index (χ2n) is 5.87. The van der Waals surface area contributed by atoms with E-state index in [4.69, 9.17) is 4.74 Å². The van der Waals surface area contributed by atoms with Crippen molar-refractivity contribution in [3.05, 3.63) is 35.0 Å². The first-order valence-corrected chi connectivity index (χ1v) is 7.74. The number of carbonyl (C=O) groups excluding carboxylic acids is 1. The van der Waals surface area contributed by atoms with Crippen LogP contribution >= 0.6 is 15.9 Å². The van der Waals surface area contributed by atoms with Crippen LogP contribution in [0.25, 0.3) is 10.9 Å². The van der Waals surface area contributed by atoms with Gasteiger partial charge in [-0.15, -0.1) is 0 Å². The molecule has 0 saturated heterocycles. The molecule has 0 fully saturated rings. The highest BCUT2D eigenvalue weighted by Gasteiger charge is 2.23. The van der Waals surface area contributed by atoms with Gasteiger partial charge in [-0.1, -0.05) is 22.0 Å². The molecule has 2 rings (SSSR count). The molecular weight excluding hydrogens is 332 g/mol. The van der Waals surface area contributed by atoms with Crippen molar-refractivity contribution >= 4 is 32.9 Å². The molecule has 0 radical (unpaired) electrons. The normalized spacial score (nSPS) is 11.4. The Labute approximate surface area is 132 Å². The third-order valence-electron chi connectivity index (χ3n) is 3.20. The van der Waals surface area contributed by atoms with E-state index in [1.807, 2.05) is 19.1 Å². The number of rotatable bonds is 1. The molecule has 1 aromatic carbocycles. The summed E-state index contributed by atoms with van der Waals surface area (Å²) in [6, 6.07) is 7.61. The summed E-state index contributed by atoms with van der Waals surface area (Å²) in [5.74, 6) is 0. The van der Waals surface area contributed by atoms with Crippen LogP contribution in [-0.4, -0.2) is 16.3 Å². The summed E-state index contributed by atoms with van der Waals surface area (Å²) in [4.78, 5) is 12.4. The van der Waals surface area contributed by atoms with Crippen LogP contribution in [0.1, 0.15) is 37.6 Å². The molecule has 0 saturated carbocycles. The third kappa shape index (κ3) is 2.96. The molecule has 0 atom stereocenters. The van der Waals surface area contributed by atoms with Crippen LogP contribution in [0.5, 0.6) is 0 Å². The summed E-state index contributed by atoms with van der Waals surface area (Å²) in [6.45, 7) is 7.39. The maximum Gasteiger partial charge on any atom is 0.420 e. The van der Waals surface area contributed by atoms with E-state index in [1.54, 1.807) is 26.8 Å². The monoisotopic (exact) mass is 348 g/mol. The van der Waals surface area contributed by atoms with Crippen LogP contribution in [-0.2, 0) is 10.1 Å². The van der Waals surface area contributed by atoms with Gasteiger partial charge in [0.2, 0.25) is 0 Å². The molecule has 0 unspecified atom stereocenters. The molecule has 0 bridgehead atoms. The highest BCUT2D eigenvalue weighted by Crippen LogP contribution is 2.27. The Hall–Kier alpha value is -1.80. The van der Waals surface area contributed by atoms with E-state index < -0.39 is 11.7 Å². The van der Waals surface area contributed by atoms with E-state index in [1.165, 1.54) is 4.57 Å². The number of fused-ring (bicyclic) bond motifs is 1. The Kier molecular flexibility index (Phi) is 4.11. The van der Waals surface area contributed by atoms with E-state index in [9.17, 15) is 10.1 Å². The highest BCUT2D eigenvalue weighted by molar-refractivity contribution is 9.08. The van der Waals surface area contributed by atoms with Crippen molar-refractivity contribution in [2.45, 2.75) is 38.6 Å². The van der Waals surface area contributed by atoms with Crippen LogP contribution in [0.15, 0.2) is 18.2 Å². The Morgan fingerprint density at radius 1 is 1.43 bits per heavy atom. The smallest absolute Gasteiger partial charge is 0.420 e. The minimum Gasteiger partial charge on any atom is -0.443 e. The predicted molar refractivity (Wildman–Crippen MR) is 85.7 cm³/mol. The van der Waals surface area contributed by atoms with E-state index in [-0.39, 0.29) is 5.69 Å². The van der Waals surface area contributed by atoms with E-state index >= 15 is 0 Å². The van der Waals surface area contributed by atoms with Gasteiger partial charge in [0.25, 0.3) is 0 Å². The minimum absolute atomic E-state index is 0.286. The fourth-order valence-corrected chi connectivity index (χ4v) is 2.81. The van der Waals surface area contributed by atoms with Crippen molar-refractivity contribution in [1.29, 1.82) is 5.26 Å². The zero-order valence-electron chi connectivity index (χ0n) is 12.5. The SMILES string of the molecule is Cc1c(CBr)ccc2c1cc(C#N)n2C(=O)OC(C)(C)C. The Bertz CT molecular complexity index is 748. The lowest BCUT2D eigenvalue weighted by Gasteiger charge is -2.20. The van der Waals surface area contributed by atoms with Gasteiger partial charge in [-0.3, -0.25) is 0 Å². The number of nitriles is 1. The molecule has 0 spiro atoms. The first-order valence-electron chi connectivity index (χ1n) is 6.62. The van der Waals surface area contributed by atoms with Gasteiger partial charge < -0.3 is 4.74 Å². The Morgan fingerprint density at radius 3 is 2.62 bits per heavy atom. The van der Waals surface area contributed by atoms with Gasteiger partial charge in [0.15, 0.2) is 0 Å². The summed E-state index contributed by atoms with van der Waals surface area (Å²) >= 11 is 3.44. The number of aryl methyl sites for hydroxylation is 1. The van der Waals surface area contributed by atoms with Gasteiger partial charge in [-0.2, -0.15) is 5.26 Å².